The van der Waals surface area contributed by atoms with Crippen LogP contribution in [-0.4, -0.2) is 17.1 Å². The third-order valence-electron chi connectivity index (χ3n) is 6.82. The molecule has 0 saturated carbocycles. The molecule has 1 atom stereocenters. The molecular formula is C32H31ClN2O4S. The van der Waals surface area contributed by atoms with Crippen LogP contribution in [0.15, 0.2) is 86.1 Å². The molecule has 3 heterocycles. The largest absolute Gasteiger partial charge is 0.463 e. The molecule has 0 spiro atoms. The van der Waals surface area contributed by atoms with Crippen molar-refractivity contribution < 1.29 is 13.9 Å². The number of hydrogen-bond donors (Lipinski definition) is 0. The lowest BCUT2D eigenvalue weighted by Crippen LogP contribution is -2.40. The smallest absolute Gasteiger partial charge is 0.338 e. The van der Waals surface area contributed by atoms with E-state index in [-0.39, 0.29) is 12.2 Å². The number of allylic oxidation sites excluding steroid dienone is 1. The Hall–Kier alpha value is -3.68. The van der Waals surface area contributed by atoms with Gasteiger partial charge in [-0.2, -0.15) is 0 Å². The summed E-state index contributed by atoms with van der Waals surface area (Å²) in [5, 5.41) is 0.616. The lowest BCUT2D eigenvalue weighted by molar-refractivity contribution is -0.139. The first-order valence-electron chi connectivity index (χ1n) is 13.5. The van der Waals surface area contributed by atoms with Crippen LogP contribution >= 0.6 is 22.9 Å². The van der Waals surface area contributed by atoms with Gasteiger partial charge in [-0.3, -0.25) is 9.36 Å². The molecule has 1 aliphatic rings. The maximum absolute atomic E-state index is 13.9. The Bertz CT molecular complexity index is 1760. The first kappa shape index (κ1) is 27.9. The van der Waals surface area contributed by atoms with Crippen molar-refractivity contribution in [3.05, 3.63) is 114 Å². The number of aromatic nitrogens is 1. The van der Waals surface area contributed by atoms with Crippen molar-refractivity contribution in [2.45, 2.75) is 52.5 Å². The van der Waals surface area contributed by atoms with E-state index in [2.05, 4.69) is 26.0 Å². The molecule has 5 rings (SSSR count). The average molecular weight is 575 g/mol. The summed E-state index contributed by atoms with van der Waals surface area (Å²) in [6, 6.07) is 18.5. The highest BCUT2D eigenvalue weighted by molar-refractivity contribution is 7.07. The summed E-state index contributed by atoms with van der Waals surface area (Å²) in [5.41, 5.74) is 3.71. The number of rotatable bonds is 8. The predicted molar refractivity (Wildman–Crippen MR) is 159 cm³/mol. The van der Waals surface area contributed by atoms with E-state index in [0.717, 1.165) is 17.5 Å². The van der Waals surface area contributed by atoms with Gasteiger partial charge in [-0.25, -0.2) is 9.79 Å². The summed E-state index contributed by atoms with van der Waals surface area (Å²) in [5.74, 6) is 1.10. The monoisotopic (exact) mass is 574 g/mol. The first-order valence-corrected chi connectivity index (χ1v) is 14.7. The molecule has 1 aliphatic heterocycles. The number of carbonyl (C=O) groups excluding carboxylic acids is 1. The van der Waals surface area contributed by atoms with E-state index in [0.29, 0.717) is 49.5 Å². The van der Waals surface area contributed by atoms with E-state index < -0.39 is 12.0 Å². The molecule has 0 N–H and O–H groups in total. The SMILES string of the molecule is CCCC1=C(C(=O)OCC)[C@@H](c2ccc(C(C)C)cc2)n2c(s/c(=C\c3ccc(-c4cccc(Cl)c4)o3)c2=O)=N1. The maximum Gasteiger partial charge on any atom is 0.338 e. The average Bonchev–Trinajstić information content (AvgIpc) is 3.53. The van der Waals surface area contributed by atoms with E-state index in [1.807, 2.05) is 49.4 Å². The molecule has 0 fully saturated rings. The van der Waals surface area contributed by atoms with E-state index in [1.54, 1.807) is 23.6 Å². The maximum atomic E-state index is 13.9. The number of thiazole rings is 1. The van der Waals surface area contributed by atoms with Gasteiger partial charge < -0.3 is 9.15 Å². The van der Waals surface area contributed by atoms with Gasteiger partial charge in [0.25, 0.3) is 5.56 Å². The quantitative estimate of drug-likeness (QED) is 0.222. The molecule has 0 bridgehead atoms. The minimum Gasteiger partial charge on any atom is -0.463 e. The highest BCUT2D eigenvalue weighted by atomic mass is 35.5. The number of nitrogens with zero attached hydrogens (tertiary/aromatic N) is 2. The molecule has 8 heteroatoms. The van der Waals surface area contributed by atoms with Gasteiger partial charge in [0.2, 0.25) is 0 Å². The van der Waals surface area contributed by atoms with Gasteiger partial charge >= 0.3 is 5.97 Å². The number of benzene rings is 2. The van der Waals surface area contributed by atoms with Crippen molar-refractivity contribution in [2.24, 2.45) is 4.99 Å². The van der Waals surface area contributed by atoms with Crippen LogP contribution in [0.5, 0.6) is 0 Å². The van der Waals surface area contributed by atoms with Crippen LogP contribution in [0.25, 0.3) is 17.4 Å². The van der Waals surface area contributed by atoms with Crippen molar-refractivity contribution in [1.29, 1.82) is 0 Å². The van der Waals surface area contributed by atoms with E-state index >= 15 is 0 Å². The zero-order valence-corrected chi connectivity index (χ0v) is 24.5. The molecule has 206 valence electrons. The normalized spacial score (nSPS) is 15.3. The third kappa shape index (κ3) is 5.49. The Morgan fingerprint density at radius 3 is 2.60 bits per heavy atom. The Kier molecular flexibility index (Phi) is 8.24. The van der Waals surface area contributed by atoms with Gasteiger partial charge in [0.05, 0.1) is 28.5 Å². The van der Waals surface area contributed by atoms with Gasteiger partial charge in [-0.1, -0.05) is 86.5 Å². The Labute approximate surface area is 241 Å². The van der Waals surface area contributed by atoms with E-state index in [1.165, 1.54) is 16.9 Å². The molecule has 2 aromatic heterocycles. The van der Waals surface area contributed by atoms with Gasteiger partial charge in [0, 0.05) is 16.7 Å². The minimum absolute atomic E-state index is 0.235. The van der Waals surface area contributed by atoms with Crippen molar-refractivity contribution >= 4 is 35.0 Å². The van der Waals surface area contributed by atoms with Crippen LogP contribution in [0.2, 0.25) is 5.02 Å². The van der Waals surface area contributed by atoms with Crippen LogP contribution < -0.4 is 14.9 Å². The minimum atomic E-state index is -0.640. The second-order valence-electron chi connectivity index (χ2n) is 9.95. The lowest BCUT2D eigenvalue weighted by atomic mass is 9.92. The standard InChI is InChI=1S/C32H31ClN2O4S/c1-5-8-25-28(31(37)38-6-2)29(21-13-11-20(12-14-21)19(3)4)35-30(36)27(40-32(35)34-25)18-24-15-16-26(39-24)22-9-7-10-23(33)17-22/h7,9-19,29H,5-6,8H2,1-4H3/b27-18-/t29-/m1/s1. The van der Waals surface area contributed by atoms with Crippen LogP contribution in [0.3, 0.4) is 0 Å². The van der Waals surface area contributed by atoms with Gasteiger partial charge in [0.1, 0.15) is 11.5 Å². The fraction of sp³-hybridized carbons (Fsp3) is 0.281. The molecular weight excluding hydrogens is 544 g/mol. The van der Waals surface area contributed by atoms with E-state index in [9.17, 15) is 9.59 Å². The summed E-state index contributed by atoms with van der Waals surface area (Å²) in [6.07, 6.45) is 3.12. The fourth-order valence-electron chi connectivity index (χ4n) is 4.86. The highest BCUT2D eigenvalue weighted by Crippen LogP contribution is 2.33. The van der Waals surface area contributed by atoms with Crippen LogP contribution in [0, 0.1) is 0 Å². The molecule has 2 aromatic carbocycles. The summed E-state index contributed by atoms with van der Waals surface area (Å²) in [6.45, 7) is 8.32. The van der Waals surface area contributed by atoms with Crippen molar-refractivity contribution in [3.8, 4) is 11.3 Å². The topological polar surface area (TPSA) is 73.8 Å². The highest BCUT2D eigenvalue weighted by Gasteiger charge is 2.34. The summed E-state index contributed by atoms with van der Waals surface area (Å²) >= 11 is 7.44. The van der Waals surface area contributed by atoms with Crippen LogP contribution in [-0.2, 0) is 9.53 Å². The molecule has 0 amide bonds. The van der Waals surface area contributed by atoms with Crippen molar-refractivity contribution in [2.75, 3.05) is 6.61 Å². The summed E-state index contributed by atoms with van der Waals surface area (Å²) in [4.78, 5) is 32.6. The zero-order valence-electron chi connectivity index (χ0n) is 22.9. The molecule has 4 aromatic rings. The summed E-state index contributed by atoms with van der Waals surface area (Å²) in [7, 11) is 0. The number of ether oxygens (including phenoxy) is 1. The number of hydrogen-bond acceptors (Lipinski definition) is 6. The Morgan fingerprint density at radius 2 is 1.93 bits per heavy atom. The second kappa shape index (κ2) is 11.8. The fourth-order valence-corrected chi connectivity index (χ4v) is 6.05. The van der Waals surface area contributed by atoms with Crippen molar-refractivity contribution in [1.82, 2.24) is 4.57 Å². The van der Waals surface area contributed by atoms with Crippen LogP contribution in [0.4, 0.5) is 0 Å². The molecule has 40 heavy (non-hydrogen) atoms. The number of carbonyl (C=O) groups is 1. The lowest BCUT2D eigenvalue weighted by Gasteiger charge is -2.26. The van der Waals surface area contributed by atoms with Crippen molar-refractivity contribution in [3.63, 3.8) is 0 Å². The molecule has 0 radical (unpaired) electrons. The molecule has 6 nitrogen and oxygen atoms in total. The Morgan fingerprint density at radius 1 is 1.15 bits per heavy atom. The van der Waals surface area contributed by atoms with Gasteiger partial charge in [-0.05, 0) is 54.7 Å². The number of fused-ring (bicyclic) bond motifs is 1. The zero-order chi connectivity index (χ0) is 28.4. The molecule has 0 aliphatic carbocycles. The predicted octanol–water partition coefficient (Wildman–Crippen LogP) is 6.62. The Balaban J connectivity index is 1.67. The van der Waals surface area contributed by atoms with Crippen LogP contribution in [0.1, 0.15) is 69.4 Å². The third-order valence-corrected chi connectivity index (χ3v) is 8.04. The first-order chi connectivity index (χ1) is 19.3. The van der Waals surface area contributed by atoms with Gasteiger partial charge in [-0.15, -0.1) is 0 Å². The number of furan rings is 1. The van der Waals surface area contributed by atoms with E-state index in [4.69, 9.17) is 25.7 Å². The van der Waals surface area contributed by atoms with Gasteiger partial charge in [0.15, 0.2) is 4.80 Å². The number of esters is 1. The molecule has 0 saturated heterocycles. The summed E-state index contributed by atoms with van der Waals surface area (Å²) < 4.78 is 13.6. The number of halogens is 1. The molecule has 0 unspecified atom stereocenters. The second-order valence-corrected chi connectivity index (χ2v) is 11.4.